The molecule has 94 valence electrons. The molecule has 5 nitrogen and oxygen atoms in total. The molecule has 0 heterocycles. The van der Waals surface area contributed by atoms with Gasteiger partial charge in [-0.25, -0.2) is 0 Å². The highest BCUT2D eigenvalue weighted by Crippen LogP contribution is 1.89. The Hall–Kier alpha value is -0.640. The highest BCUT2D eigenvalue weighted by atomic mass is 16.5. The summed E-state index contributed by atoms with van der Waals surface area (Å²) in [6.45, 7) is 3.95. The lowest BCUT2D eigenvalue weighted by Crippen LogP contribution is -2.34. The minimum atomic E-state index is -0.698. The second kappa shape index (κ2) is 10.9. The van der Waals surface area contributed by atoms with Crippen LogP contribution in [0.25, 0.3) is 0 Å². The van der Waals surface area contributed by atoms with Crippen LogP contribution in [0.5, 0.6) is 0 Å². The van der Waals surface area contributed by atoms with Gasteiger partial charge in [0.15, 0.2) is 0 Å². The second-order valence-electron chi connectivity index (χ2n) is 3.41. The molecule has 2 atom stereocenters. The van der Waals surface area contributed by atoms with Gasteiger partial charge >= 0.3 is 0 Å². The number of hydrogen-bond donors (Lipinski definition) is 3. The standard InChI is InChI=1S/C11H22N2O3/c1-2-4-11(14)9-16-6-3-5-15-8-10(13)7-12/h10-11,14H,3,5-9,12-13H2,1H3. The van der Waals surface area contributed by atoms with E-state index in [1.807, 2.05) is 0 Å². The van der Waals surface area contributed by atoms with Gasteiger partial charge < -0.3 is 26.0 Å². The number of aliphatic hydroxyl groups excluding tert-OH is 1. The van der Waals surface area contributed by atoms with Gasteiger partial charge in [0, 0.05) is 25.8 Å². The minimum absolute atomic E-state index is 0.0948. The van der Waals surface area contributed by atoms with E-state index < -0.39 is 6.10 Å². The van der Waals surface area contributed by atoms with Crippen molar-refractivity contribution in [1.82, 2.24) is 0 Å². The zero-order valence-electron chi connectivity index (χ0n) is 9.82. The van der Waals surface area contributed by atoms with E-state index in [-0.39, 0.29) is 12.6 Å². The van der Waals surface area contributed by atoms with Crippen molar-refractivity contribution in [2.45, 2.75) is 25.5 Å². The summed E-state index contributed by atoms with van der Waals surface area (Å²) in [5, 5.41) is 9.20. The Morgan fingerprint density at radius 2 is 1.88 bits per heavy atom. The lowest BCUT2D eigenvalue weighted by atomic mass is 10.3. The van der Waals surface area contributed by atoms with E-state index in [2.05, 4.69) is 11.8 Å². The number of aliphatic hydroxyl groups is 1. The SMILES string of the molecule is CC#CC(O)COCCCOCC(N)CN. The maximum Gasteiger partial charge on any atom is 0.137 e. The maximum atomic E-state index is 9.20. The van der Waals surface area contributed by atoms with Crippen LogP contribution in [0.15, 0.2) is 0 Å². The average Bonchev–Trinajstić information content (AvgIpc) is 2.27. The highest BCUT2D eigenvalue weighted by Gasteiger charge is 2.00. The zero-order chi connectivity index (χ0) is 12.2. The Labute approximate surface area is 97.1 Å². The van der Waals surface area contributed by atoms with Crippen LogP contribution in [-0.4, -0.2) is 50.2 Å². The number of hydrogen-bond acceptors (Lipinski definition) is 5. The summed E-state index contributed by atoms with van der Waals surface area (Å²) < 4.78 is 10.5. The first kappa shape index (κ1) is 15.4. The smallest absolute Gasteiger partial charge is 0.137 e. The fourth-order valence-corrected chi connectivity index (χ4v) is 0.969. The Balaban J connectivity index is 3.17. The van der Waals surface area contributed by atoms with Crippen LogP contribution in [0.3, 0.4) is 0 Å². The average molecular weight is 230 g/mol. The lowest BCUT2D eigenvalue weighted by molar-refractivity contribution is 0.0437. The molecule has 0 radical (unpaired) electrons. The van der Waals surface area contributed by atoms with Gasteiger partial charge in [-0.2, -0.15) is 0 Å². The van der Waals surface area contributed by atoms with Crippen molar-refractivity contribution in [3.8, 4) is 11.8 Å². The van der Waals surface area contributed by atoms with Gasteiger partial charge in [0.2, 0.25) is 0 Å². The van der Waals surface area contributed by atoms with Crippen molar-refractivity contribution in [1.29, 1.82) is 0 Å². The maximum absolute atomic E-state index is 9.20. The molecule has 0 aromatic heterocycles. The summed E-state index contributed by atoms with van der Waals surface area (Å²) >= 11 is 0. The van der Waals surface area contributed by atoms with Gasteiger partial charge in [-0.15, -0.1) is 5.92 Å². The van der Waals surface area contributed by atoms with Crippen molar-refractivity contribution in [3.05, 3.63) is 0 Å². The van der Waals surface area contributed by atoms with Crippen LogP contribution in [0, 0.1) is 11.8 Å². The second-order valence-corrected chi connectivity index (χ2v) is 3.41. The molecule has 0 aromatic carbocycles. The van der Waals surface area contributed by atoms with E-state index in [1.165, 1.54) is 0 Å². The molecule has 0 bridgehead atoms. The summed E-state index contributed by atoms with van der Waals surface area (Å²) in [6, 6.07) is -0.0948. The number of rotatable bonds is 9. The Morgan fingerprint density at radius 3 is 2.44 bits per heavy atom. The molecule has 0 saturated carbocycles. The number of nitrogens with two attached hydrogens (primary N) is 2. The normalized spacial score (nSPS) is 14.0. The molecular formula is C11H22N2O3. The summed E-state index contributed by atoms with van der Waals surface area (Å²) in [6.07, 6.45) is 0.0698. The third-order valence-corrected chi connectivity index (χ3v) is 1.80. The summed E-state index contributed by atoms with van der Waals surface area (Å²) in [4.78, 5) is 0. The molecule has 5 N–H and O–H groups in total. The van der Waals surface area contributed by atoms with E-state index >= 15 is 0 Å². The van der Waals surface area contributed by atoms with E-state index in [0.29, 0.717) is 26.4 Å². The van der Waals surface area contributed by atoms with Gasteiger partial charge in [-0.3, -0.25) is 0 Å². The van der Waals surface area contributed by atoms with Crippen LogP contribution in [0.2, 0.25) is 0 Å². The van der Waals surface area contributed by atoms with Gasteiger partial charge in [0.05, 0.1) is 13.2 Å². The van der Waals surface area contributed by atoms with Crippen LogP contribution in [-0.2, 0) is 9.47 Å². The summed E-state index contributed by atoms with van der Waals surface area (Å²) in [7, 11) is 0. The fourth-order valence-electron chi connectivity index (χ4n) is 0.969. The van der Waals surface area contributed by atoms with Crippen molar-refractivity contribution >= 4 is 0 Å². The summed E-state index contributed by atoms with van der Waals surface area (Å²) in [5.41, 5.74) is 10.9. The Morgan fingerprint density at radius 1 is 1.25 bits per heavy atom. The van der Waals surface area contributed by atoms with Crippen LogP contribution in [0.4, 0.5) is 0 Å². The molecular weight excluding hydrogens is 208 g/mol. The van der Waals surface area contributed by atoms with E-state index in [9.17, 15) is 5.11 Å². The monoisotopic (exact) mass is 230 g/mol. The number of ether oxygens (including phenoxy) is 2. The largest absolute Gasteiger partial charge is 0.380 e. The van der Waals surface area contributed by atoms with E-state index in [0.717, 1.165) is 6.42 Å². The van der Waals surface area contributed by atoms with Crippen molar-refractivity contribution in [2.24, 2.45) is 11.5 Å². The topological polar surface area (TPSA) is 90.7 Å². The van der Waals surface area contributed by atoms with E-state index in [1.54, 1.807) is 6.92 Å². The predicted octanol–water partition coefficient (Wildman–Crippen LogP) is -0.920. The molecule has 0 aromatic rings. The van der Waals surface area contributed by atoms with E-state index in [4.69, 9.17) is 20.9 Å². The lowest BCUT2D eigenvalue weighted by Gasteiger charge is -2.09. The van der Waals surface area contributed by atoms with Gasteiger partial charge in [-0.1, -0.05) is 5.92 Å². The molecule has 2 unspecified atom stereocenters. The van der Waals surface area contributed by atoms with Crippen LogP contribution in [0.1, 0.15) is 13.3 Å². The molecule has 5 heteroatoms. The molecule has 0 spiro atoms. The van der Waals surface area contributed by atoms with Gasteiger partial charge in [-0.05, 0) is 13.3 Å². The van der Waals surface area contributed by atoms with Crippen LogP contribution >= 0.6 is 0 Å². The molecule has 0 fully saturated rings. The van der Waals surface area contributed by atoms with Crippen LogP contribution < -0.4 is 11.5 Å². The molecule has 16 heavy (non-hydrogen) atoms. The zero-order valence-corrected chi connectivity index (χ0v) is 9.82. The highest BCUT2D eigenvalue weighted by molar-refractivity contribution is 5.01. The molecule has 0 aliphatic carbocycles. The predicted molar refractivity (Wildman–Crippen MR) is 62.7 cm³/mol. The van der Waals surface area contributed by atoms with Crippen molar-refractivity contribution in [2.75, 3.05) is 33.0 Å². The van der Waals surface area contributed by atoms with Gasteiger partial charge in [0.25, 0.3) is 0 Å². The van der Waals surface area contributed by atoms with Gasteiger partial charge in [0.1, 0.15) is 6.10 Å². The molecule has 0 saturated heterocycles. The molecule has 0 aliphatic rings. The quantitative estimate of drug-likeness (QED) is 0.352. The Bertz CT molecular complexity index is 213. The minimum Gasteiger partial charge on any atom is -0.380 e. The Kier molecular flexibility index (Phi) is 10.4. The van der Waals surface area contributed by atoms with Crippen molar-refractivity contribution < 1.29 is 14.6 Å². The third kappa shape index (κ3) is 9.90. The first-order chi connectivity index (χ1) is 7.70. The fraction of sp³-hybridized carbons (Fsp3) is 0.818. The summed E-state index contributed by atoms with van der Waals surface area (Å²) in [5.74, 6) is 5.21. The molecule has 0 amide bonds. The molecule has 0 aliphatic heterocycles. The van der Waals surface area contributed by atoms with Crippen molar-refractivity contribution in [3.63, 3.8) is 0 Å². The first-order valence-electron chi connectivity index (χ1n) is 5.42. The third-order valence-electron chi connectivity index (χ3n) is 1.80. The molecule has 0 rings (SSSR count). The first-order valence-corrected chi connectivity index (χ1v) is 5.42.